The lowest BCUT2D eigenvalue weighted by Crippen LogP contribution is -2.34. The molecule has 0 spiro atoms. The molecule has 0 saturated heterocycles. The molecule has 0 N–H and O–H groups in total. The fraction of sp³-hybridized carbons (Fsp3) is 0.222. The molecular weight excluding hydrogens is 335 g/mol. The van der Waals surface area contributed by atoms with Gasteiger partial charge in [0.15, 0.2) is 5.17 Å². The highest BCUT2D eigenvalue weighted by molar-refractivity contribution is 8.17. The van der Waals surface area contributed by atoms with Crippen molar-refractivity contribution in [3.8, 4) is 0 Å². The van der Waals surface area contributed by atoms with Crippen molar-refractivity contribution in [1.82, 2.24) is 4.90 Å². The van der Waals surface area contributed by atoms with Crippen LogP contribution < -0.4 is 0 Å². The maximum Gasteiger partial charge on any atom is 0.257 e. The number of thioether (sulfide) groups is 1. The number of halogens is 2. The monoisotopic (exact) mass is 340 g/mol. The van der Waals surface area contributed by atoms with Crippen molar-refractivity contribution < 1.29 is 8.42 Å². The number of hydrogen-bond acceptors (Lipinski definition) is 5. The highest BCUT2D eigenvalue weighted by Gasteiger charge is 2.32. The van der Waals surface area contributed by atoms with E-state index in [4.69, 9.17) is 23.2 Å². The van der Waals surface area contributed by atoms with Crippen LogP contribution in [-0.4, -0.2) is 30.8 Å². The standard InChI is InChI=1S/C9H6Cl2N2O2S3/c10-7-3-5(8(11)17-7)6-4-16-9-12-18(14,15)2-1-13(6)9/h3-4H,1-2H2. The summed E-state index contributed by atoms with van der Waals surface area (Å²) >= 11 is 14.6. The van der Waals surface area contributed by atoms with Gasteiger partial charge in [-0.15, -0.1) is 15.7 Å². The van der Waals surface area contributed by atoms with Crippen molar-refractivity contribution in [2.75, 3.05) is 12.3 Å². The Kier molecular flexibility index (Phi) is 3.14. The molecule has 0 saturated carbocycles. The second-order valence-corrected chi connectivity index (χ2v) is 8.55. The quantitative estimate of drug-likeness (QED) is 0.788. The molecule has 1 aromatic rings. The molecule has 0 aromatic carbocycles. The maximum atomic E-state index is 11.4. The van der Waals surface area contributed by atoms with E-state index in [2.05, 4.69) is 4.40 Å². The van der Waals surface area contributed by atoms with E-state index in [1.54, 1.807) is 6.07 Å². The molecule has 18 heavy (non-hydrogen) atoms. The highest BCUT2D eigenvalue weighted by atomic mass is 35.5. The second kappa shape index (κ2) is 4.42. The largest absolute Gasteiger partial charge is 0.318 e. The van der Waals surface area contributed by atoms with Gasteiger partial charge in [0.1, 0.15) is 4.34 Å². The van der Waals surface area contributed by atoms with Crippen LogP contribution in [0.2, 0.25) is 8.67 Å². The number of thiophene rings is 1. The van der Waals surface area contributed by atoms with E-state index in [0.29, 0.717) is 20.4 Å². The number of nitrogens with zero attached hydrogens (tertiary/aromatic N) is 2. The van der Waals surface area contributed by atoms with E-state index in [1.807, 2.05) is 10.3 Å². The predicted molar refractivity (Wildman–Crippen MR) is 77.8 cm³/mol. The molecule has 1 aromatic heterocycles. The molecule has 3 rings (SSSR count). The summed E-state index contributed by atoms with van der Waals surface area (Å²) in [7, 11) is -3.31. The molecule has 9 heteroatoms. The summed E-state index contributed by atoms with van der Waals surface area (Å²) in [5.41, 5.74) is 1.69. The lowest BCUT2D eigenvalue weighted by atomic mass is 10.2. The topological polar surface area (TPSA) is 49.7 Å². The molecule has 0 aliphatic carbocycles. The van der Waals surface area contributed by atoms with Crippen LogP contribution in [0.25, 0.3) is 5.70 Å². The minimum atomic E-state index is -3.31. The first kappa shape index (κ1) is 12.8. The Hall–Kier alpha value is -0.210. The SMILES string of the molecule is O=S1(=O)CCN2C(c3cc(Cl)sc3Cl)=CSC2=N1. The smallest absolute Gasteiger partial charge is 0.257 e. The van der Waals surface area contributed by atoms with Gasteiger partial charge in [-0.05, 0) is 6.07 Å². The minimum absolute atomic E-state index is 0.0177. The summed E-state index contributed by atoms with van der Waals surface area (Å²) in [5, 5.41) is 2.33. The zero-order valence-corrected chi connectivity index (χ0v) is 12.7. The molecule has 0 fully saturated rings. The van der Waals surface area contributed by atoms with Crippen molar-refractivity contribution in [3.05, 3.63) is 25.7 Å². The fourth-order valence-electron chi connectivity index (χ4n) is 1.72. The summed E-state index contributed by atoms with van der Waals surface area (Å²) < 4.78 is 27.8. The first-order chi connectivity index (χ1) is 8.46. The van der Waals surface area contributed by atoms with Gasteiger partial charge in [-0.1, -0.05) is 35.0 Å². The van der Waals surface area contributed by atoms with Crippen LogP contribution >= 0.6 is 46.3 Å². The number of rotatable bonds is 1. The summed E-state index contributed by atoms with van der Waals surface area (Å²) in [6.45, 7) is 0.393. The van der Waals surface area contributed by atoms with E-state index in [0.717, 1.165) is 11.3 Å². The van der Waals surface area contributed by atoms with Crippen molar-refractivity contribution >= 4 is 67.2 Å². The summed E-state index contributed by atoms with van der Waals surface area (Å²) in [4.78, 5) is 1.86. The van der Waals surface area contributed by atoms with E-state index in [1.165, 1.54) is 23.1 Å². The van der Waals surface area contributed by atoms with E-state index in [9.17, 15) is 8.42 Å². The van der Waals surface area contributed by atoms with Gasteiger partial charge in [-0.3, -0.25) is 0 Å². The third-order valence-electron chi connectivity index (χ3n) is 2.52. The van der Waals surface area contributed by atoms with Gasteiger partial charge in [0, 0.05) is 17.5 Å². The molecule has 0 atom stereocenters. The molecule has 0 radical (unpaired) electrons. The third-order valence-corrected chi connectivity index (χ3v) is 6.14. The first-order valence-corrected chi connectivity index (χ1v) is 8.94. The number of hydrogen-bond donors (Lipinski definition) is 0. The molecule has 3 heterocycles. The second-order valence-electron chi connectivity index (χ2n) is 3.67. The molecular formula is C9H6Cl2N2O2S3. The van der Waals surface area contributed by atoms with Gasteiger partial charge in [0.25, 0.3) is 10.0 Å². The maximum absolute atomic E-state index is 11.4. The normalized spacial score (nSPS) is 21.6. The Morgan fingerprint density at radius 3 is 2.83 bits per heavy atom. The first-order valence-electron chi connectivity index (χ1n) is 4.88. The molecule has 2 aliphatic rings. The Labute approximate surface area is 122 Å². The van der Waals surface area contributed by atoms with E-state index in [-0.39, 0.29) is 5.75 Å². The number of fused-ring (bicyclic) bond motifs is 1. The summed E-state index contributed by atoms with van der Waals surface area (Å²) in [5.74, 6) is 0.0177. The molecule has 96 valence electrons. The Balaban J connectivity index is 2.01. The number of sulfonamides is 1. The van der Waals surface area contributed by atoms with Crippen LogP contribution in [-0.2, 0) is 10.0 Å². The van der Waals surface area contributed by atoms with Gasteiger partial charge < -0.3 is 4.90 Å². The molecule has 0 unspecified atom stereocenters. The number of amidine groups is 1. The zero-order valence-electron chi connectivity index (χ0n) is 8.76. The summed E-state index contributed by atoms with van der Waals surface area (Å²) in [6, 6.07) is 1.78. The summed E-state index contributed by atoms with van der Waals surface area (Å²) in [6.07, 6.45) is 0. The van der Waals surface area contributed by atoms with E-state index >= 15 is 0 Å². The van der Waals surface area contributed by atoms with Crippen LogP contribution in [0.4, 0.5) is 0 Å². The van der Waals surface area contributed by atoms with Crippen molar-refractivity contribution in [2.24, 2.45) is 4.40 Å². The van der Waals surface area contributed by atoms with Gasteiger partial charge in [0.05, 0.1) is 15.8 Å². The Bertz CT molecular complexity index is 678. The predicted octanol–water partition coefficient (Wildman–Crippen LogP) is 3.10. The van der Waals surface area contributed by atoms with Crippen LogP contribution in [0.1, 0.15) is 5.56 Å². The van der Waals surface area contributed by atoms with Gasteiger partial charge in [-0.2, -0.15) is 0 Å². The fourth-order valence-corrected chi connectivity index (χ4v) is 5.34. The van der Waals surface area contributed by atoms with E-state index < -0.39 is 10.0 Å². The van der Waals surface area contributed by atoms with Crippen molar-refractivity contribution in [1.29, 1.82) is 0 Å². The average molecular weight is 341 g/mol. The zero-order chi connectivity index (χ0) is 12.9. The average Bonchev–Trinajstić information content (AvgIpc) is 2.79. The Morgan fingerprint density at radius 2 is 2.17 bits per heavy atom. The molecule has 2 aliphatic heterocycles. The van der Waals surface area contributed by atoms with Crippen molar-refractivity contribution in [2.45, 2.75) is 0 Å². The van der Waals surface area contributed by atoms with Gasteiger partial charge >= 0.3 is 0 Å². The van der Waals surface area contributed by atoms with Gasteiger partial charge in [-0.25, -0.2) is 8.42 Å². The van der Waals surface area contributed by atoms with Crippen LogP contribution in [0.5, 0.6) is 0 Å². The molecule has 4 nitrogen and oxygen atoms in total. The van der Waals surface area contributed by atoms with Crippen LogP contribution in [0, 0.1) is 0 Å². The molecule has 0 bridgehead atoms. The lowest BCUT2D eigenvalue weighted by molar-refractivity contribution is 0.567. The lowest BCUT2D eigenvalue weighted by Gasteiger charge is -2.24. The van der Waals surface area contributed by atoms with Gasteiger partial charge in [0.2, 0.25) is 0 Å². The molecule has 0 amide bonds. The van der Waals surface area contributed by atoms with Crippen LogP contribution in [0.3, 0.4) is 0 Å². The minimum Gasteiger partial charge on any atom is -0.318 e. The van der Waals surface area contributed by atoms with Crippen molar-refractivity contribution in [3.63, 3.8) is 0 Å². The third kappa shape index (κ3) is 2.18. The highest BCUT2D eigenvalue weighted by Crippen LogP contribution is 2.42. The van der Waals surface area contributed by atoms with Crippen LogP contribution in [0.15, 0.2) is 15.9 Å². The Morgan fingerprint density at radius 1 is 1.39 bits per heavy atom.